The normalized spacial score (nSPS) is 17.4. The van der Waals surface area contributed by atoms with Gasteiger partial charge in [0.25, 0.3) is 0 Å². The predicted molar refractivity (Wildman–Crippen MR) is 76.7 cm³/mol. The number of ether oxygens (including phenoxy) is 1. The quantitative estimate of drug-likeness (QED) is 0.713. The zero-order valence-corrected chi connectivity index (χ0v) is 12.3. The van der Waals surface area contributed by atoms with Gasteiger partial charge in [-0.3, -0.25) is 0 Å². The molecule has 0 atom stereocenters. The van der Waals surface area contributed by atoms with E-state index >= 15 is 0 Å². The van der Waals surface area contributed by atoms with Crippen LogP contribution in [0.1, 0.15) is 57.9 Å². The van der Waals surface area contributed by atoms with E-state index in [1.54, 1.807) is 12.1 Å². The van der Waals surface area contributed by atoms with Crippen LogP contribution in [-0.2, 0) is 0 Å². The molecule has 0 heterocycles. The summed E-state index contributed by atoms with van der Waals surface area (Å²) in [5, 5.41) is 0. The van der Waals surface area contributed by atoms with E-state index in [2.05, 4.69) is 6.92 Å². The van der Waals surface area contributed by atoms with Gasteiger partial charge in [0.15, 0.2) is 11.6 Å². The van der Waals surface area contributed by atoms with Crippen LogP contribution in [0, 0.1) is 23.5 Å². The van der Waals surface area contributed by atoms with E-state index < -0.39 is 11.6 Å². The first-order valence-corrected chi connectivity index (χ1v) is 7.63. The first kappa shape index (κ1) is 15.3. The van der Waals surface area contributed by atoms with E-state index in [0.717, 1.165) is 43.9 Å². The minimum Gasteiger partial charge on any atom is -0.490 e. The van der Waals surface area contributed by atoms with E-state index in [1.165, 1.54) is 6.42 Å². The van der Waals surface area contributed by atoms with Crippen molar-refractivity contribution in [2.75, 3.05) is 6.61 Å². The maximum Gasteiger partial charge on any atom is 0.200 e. The van der Waals surface area contributed by atoms with Gasteiger partial charge in [0.2, 0.25) is 5.82 Å². The number of hydrogen-bond donors (Lipinski definition) is 0. The number of benzene rings is 1. The molecule has 0 aliphatic heterocycles. The molecule has 1 fully saturated rings. The van der Waals surface area contributed by atoms with Gasteiger partial charge in [0.05, 0.1) is 6.61 Å². The molecular weight excluding hydrogens is 258 g/mol. The van der Waals surface area contributed by atoms with Gasteiger partial charge in [-0.05, 0) is 49.7 Å². The summed E-state index contributed by atoms with van der Waals surface area (Å²) in [6.07, 6.45) is 5.88. The van der Waals surface area contributed by atoms with Crippen molar-refractivity contribution in [3.8, 4) is 5.75 Å². The zero-order valence-electron chi connectivity index (χ0n) is 12.3. The van der Waals surface area contributed by atoms with Crippen molar-refractivity contribution in [1.82, 2.24) is 0 Å². The minimum absolute atomic E-state index is 0.0240. The molecule has 1 radical (unpaired) electrons. The van der Waals surface area contributed by atoms with Crippen LogP contribution in [0.5, 0.6) is 5.75 Å². The lowest BCUT2D eigenvalue weighted by atomic mass is 9.77. The van der Waals surface area contributed by atoms with Crippen LogP contribution in [0.3, 0.4) is 0 Å². The Kier molecular flexibility index (Phi) is 5.38. The van der Waals surface area contributed by atoms with Crippen LogP contribution in [0.15, 0.2) is 12.1 Å². The third kappa shape index (κ3) is 3.31. The Morgan fingerprint density at radius 1 is 1.10 bits per heavy atom. The molecule has 0 amide bonds. The molecule has 0 N–H and O–H groups in total. The summed E-state index contributed by atoms with van der Waals surface area (Å²) in [6, 6.07) is 3.23. The van der Waals surface area contributed by atoms with Crippen molar-refractivity contribution in [2.24, 2.45) is 5.92 Å². The van der Waals surface area contributed by atoms with Crippen LogP contribution in [0.2, 0.25) is 0 Å². The highest BCUT2D eigenvalue weighted by atomic mass is 19.2. The van der Waals surface area contributed by atoms with Crippen LogP contribution in [0.25, 0.3) is 0 Å². The Morgan fingerprint density at radius 2 is 1.80 bits per heavy atom. The highest BCUT2D eigenvalue weighted by molar-refractivity contribution is 5.39. The van der Waals surface area contributed by atoms with Crippen molar-refractivity contribution < 1.29 is 13.5 Å². The highest BCUT2D eigenvalue weighted by Crippen LogP contribution is 2.38. The zero-order chi connectivity index (χ0) is 14.5. The van der Waals surface area contributed by atoms with Crippen LogP contribution < -0.4 is 4.74 Å². The molecule has 111 valence electrons. The van der Waals surface area contributed by atoms with Crippen LogP contribution in [-0.4, -0.2) is 6.61 Å². The van der Waals surface area contributed by atoms with Gasteiger partial charge in [0, 0.05) is 5.92 Å². The first-order chi connectivity index (χ1) is 9.67. The van der Waals surface area contributed by atoms with E-state index in [4.69, 9.17) is 4.74 Å². The van der Waals surface area contributed by atoms with Gasteiger partial charge in [0.1, 0.15) is 0 Å². The lowest BCUT2D eigenvalue weighted by Gasteiger charge is -2.28. The van der Waals surface area contributed by atoms with Crippen molar-refractivity contribution in [3.63, 3.8) is 0 Å². The number of hydrogen-bond acceptors (Lipinski definition) is 1. The first-order valence-electron chi connectivity index (χ1n) is 7.63. The summed E-state index contributed by atoms with van der Waals surface area (Å²) >= 11 is 0. The van der Waals surface area contributed by atoms with Crippen molar-refractivity contribution in [2.45, 2.75) is 52.4 Å². The Bertz CT molecular complexity index is 437. The molecule has 0 saturated heterocycles. The van der Waals surface area contributed by atoms with E-state index in [1.807, 2.05) is 6.92 Å². The lowest BCUT2D eigenvalue weighted by Crippen LogP contribution is -2.15. The molecule has 2 rings (SSSR count). The Balaban J connectivity index is 2.11. The van der Waals surface area contributed by atoms with Crippen LogP contribution in [0.4, 0.5) is 8.78 Å². The van der Waals surface area contributed by atoms with Crippen molar-refractivity contribution in [3.05, 3.63) is 35.2 Å². The molecule has 1 nitrogen and oxygen atoms in total. The fraction of sp³-hybridized carbons (Fsp3) is 0.588. The summed E-state index contributed by atoms with van der Waals surface area (Å²) in [5.41, 5.74) is 0.445. The SMILES string of the molecule is CCCOc1ccc([C]2CCC(CC)CC2)c(F)c1F. The van der Waals surface area contributed by atoms with Gasteiger partial charge in [-0.1, -0.05) is 26.3 Å². The second-order valence-corrected chi connectivity index (χ2v) is 5.54. The van der Waals surface area contributed by atoms with Gasteiger partial charge < -0.3 is 4.74 Å². The van der Waals surface area contributed by atoms with Crippen molar-refractivity contribution in [1.29, 1.82) is 0 Å². The maximum absolute atomic E-state index is 14.2. The monoisotopic (exact) mass is 281 g/mol. The third-order valence-electron chi connectivity index (χ3n) is 4.18. The second kappa shape index (κ2) is 7.05. The lowest BCUT2D eigenvalue weighted by molar-refractivity contribution is 0.294. The molecule has 1 saturated carbocycles. The fourth-order valence-corrected chi connectivity index (χ4v) is 2.83. The van der Waals surface area contributed by atoms with Gasteiger partial charge in [-0.2, -0.15) is 4.39 Å². The van der Waals surface area contributed by atoms with E-state index in [9.17, 15) is 8.78 Å². The minimum atomic E-state index is -0.846. The summed E-state index contributed by atoms with van der Waals surface area (Å²) in [4.78, 5) is 0. The number of rotatable bonds is 5. The summed E-state index contributed by atoms with van der Waals surface area (Å²) in [6.45, 7) is 4.53. The molecule has 0 spiro atoms. The largest absolute Gasteiger partial charge is 0.490 e. The topological polar surface area (TPSA) is 9.23 Å². The van der Waals surface area contributed by atoms with Gasteiger partial charge in [-0.15, -0.1) is 0 Å². The van der Waals surface area contributed by atoms with Crippen LogP contribution >= 0.6 is 0 Å². The van der Waals surface area contributed by atoms with Gasteiger partial charge >= 0.3 is 0 Å². The average Bonchev–Trinajstić information content (AvgIpc) is 2.49. The van der Waals surface area contributed by atoms with Gasteiger partial charge in [-0.25, -0.2) is 4.39 Å². The molecule has 1 aromatic carbocycles. The summed E-state index contributed by atoms with van der Waals surface area (Å²) in [5.74, 6) is 0.215. The standard InChI is InChI=1S/C17H23F2O/c1-3-11-20-15-10-9-14(16(18)17(15)19)13-7-5-12(4-2)6-8-13/h9-10,12H,3-8,11H2,1-2H3. The average molecular weight is 281 g/mol. The Morgan fingerprint density at radius 3 is 2.40 bits per heavy atom. The maximum atomic E-state index is 14.2. The molecular formula is C17H23F2O. The molecule has 3 heteroatoms. The summed E-state index contributed by atoms with van der Waals surface area (Å²) in [7, 11) is 0. The fourth-order valence-electron chi connectivity index (χ4n) is 2.83. The highest BCUT2D eigenvalue weighted by Gasteiger charge is 2.26. The smallest absolute Gasteiger partial charge is 0.200 e. The molecule has 0 unspecified atom stereocenters. The Labute approximate surface area is 120 Å². The molecule has 1 aliphatic rings. The molecule has 0 aromatic heterocycles. The molecule has 20 heavy (non-hydrogen) atoms. The van der Waals surface area contributed by atoms with E-state index in [0.29, 0.717) is 12.2 Å². The third-order valence-corrected chi connectivity index (χ3v) is 4.18. The number of halogens is 2. The molecule has 0 bridgehead atoms. The Hall–Kier alpha value is -1.12. The predicted octanol–water partition coefficient (Wildman–Crippen LogP) is 5.28. The van der Waals surface area contributed by atoms with Crippen molar-refractivity contribution >= 4 is 0 Å². The molecule has 1 aliphatic carbocycles. The van der Waals surface area contributed by atoms with E-state index in [-0.39, 0.29) is 5.75 Å². The summed E-state index contributed by atoms with van der Waals surface area (Å²) < 4.78 is 33.4. The molecule has 1 aromatic rings. The second-order valence-electron chi connectivity index (χ2n) is 5.54.